The van der Waals surface area contributed by atoms with Crippen molar-refractivity contribution in [1.29, 1.82) is 0 Å². The Morgan fingerprint density at radius 1 is 0.757 bits per heavy atom. The number of likely N-dealkylation sites (N-methyl/N-ethyl adjacent to an activating group) is 2. The minimum atomic E-state index is -0.565. The van der Waals surface area contributed by atoms with Crippen molar-refractivity contribution in [1.82, 2.24) is 19.6 Å². The van der Waals surface area contributed by atoms with Crippen LogP contribution in [-0.2, 0) is 19.2 Å². The molecule has 2 fully saturated rings. The van der Waals surface area contributed by atoms with Crippen molar-refractivity contribution in [2.75, 3.05) is 26.2 Å². The SMILES string of the molecule is CCN1CC(=O)N(C(C)(C)CC(C)C(=O)CCCC(=O)C(C)CC(C)(C)N2C(=O)CN(CC)C2=S)C1=S. The second-order valence-electron chi connectivity index (χ2n) is 11.7. The van der Waals surface area contributed by atoms with E-state index in [9.17, 15) is 19.2 Å². The van der Waals surface area contributed by atoms with E-state index in [-0.39, 0.29) is 48.3 Å². The number of hydrogen-bond acceptors (Lipinski definition) is 6. The molecule has 10 heteroatoms. The van der Waals surface area contributed by atoms with Gasteiger partial charge in [-0.05, 0) is 85.2 Å². The molecule has 0 aromatic rings. The summed E-state index contributed by atoms with van der Waals surface area (Å²) < 4.78 is 0. The third kappa shape index (κ3) is 7.13. The van der Waals surface area contributed by atoms with Crippen molar-refractivity contribution in [2.24, 2.45) is 11.8 Å². The van der Waals surface area contributed by atoms with Crippen LogP contribution >= 0.6 is 24.4 Å². The van der Waals surface area contributed by atoms with Gasteiger partial charge in [0.1, 0.15) is 11.6 Å². The van der Waals surface area contributed by atoms with Crippen LogP contribution in [0.2, 0.25) is 0 Å². The lowest BCUT2D eigenvalue weighted by Gasteiger charge is -2.37. The van der Waals surface area contributed by atoms with Gasteiger partial charge in [0.05, 0.1) is 13.1 Å². The Kier molecular flexibility index (Phi) is 10.4. The minimum absolute atomic E-state index is 0.0298. The summed E-state index contributed by atoms with van der Waals surface area (Å²) in [5.74, 6) is -0.388. The molecule has 37 heavy (non-hydrogen) atoms. The minimum Gasteiger partial charge on any atom is -0.340 e. The second-order valence-corrected chi connectivity index (χ2v) is 12.4. The number of carbonyl (C=O) groups excluding carboxylic acids is 4. The average molecular weight is 553 g/mol. The summed E-state index contributed by atoms with van der Waals surface area (Å²) in [6.07, 6.45) is 2.14. The maximum atomic E-state index is 12.9. The topological polar surface area (TPSA) is 81.2 Å². The first-order valence-electron chi connectivity index (χ1n) is 13.4. The fourth-order valence-corrected chi connectivity index (χ4v) is 6.71. The van der Waals surface area contributed by atoms with Crippen molar-refractivity contribution in [3.8, 4) is 0 Å². The molecule has 0 aliphatic carbocycles. The monoisotopic (exact) mass is 552 g/mol. The highest BCUT2D eigenvalue weighted by atomic mass is 32.1. The summed E-state index contributed by atoms with van der Waals surface area (Å²) in [5, 5.41) is 1.05. The zero-order chi connectivity index (χ0) is 28.3. The van der Waals surface area contributed by atoms with Gasteiger partial charge in [-0.25, -0.2) is 0 Å². The molecule has 0 aromatic carbocycles. The van der Waals surface area contributed by atoms with Crippen molar-refractivity contribution in [2.45, 2.75) is 98.6 Å². The van der Waals surface area contributed by atoms with E-state index < -0.39 is 11.1 Å². The number of thiocarbonyl (C=S) groups is 2. The zero-order valence-corrected chi connectivity index (χ0v) is 25.4. The standard InChI is InChI=1S/C27H44N4O4S2/c1-9-28-16-22(34)30(24(28)36)26(5,6)14-18(3)20(32)12-11-13-21(33)19(4)15-27(7,8)31-23(35)17-29(10-2)25(31)37/h18-19H,9-17H2,1-8H3. The van der Waals surface area contributed by atoms with Gasteiger partial charge in [0.25, 0.3) is 0 Å². The molecule has 8 nitrogen and oxygen atoms in total. The van der Waals surface area contributed by atoms with Crippen LogP contribution in [-0.4, -0.2) is 90.5 Å². The van der Waals surface area contributed by atoms with Crippen LogP contribution in [0, 0.1) is 11.8 Å². The average Bonchev–Trinajstić information content (AvgIpc) is 3.26. The normalized spacial score (nSPS) is 18.8. The number of ketones is 2. The lowest BCUT2D eigenvalue weighted by atomic mass is 9.84. The van der Waals surface area contributed by atoms with Crippen LogP contribution in [0.3, 0.4) is 0 Å². The molecular weight excluding hydrogens is 508 g/mol. The van der Waals surface area contributed by atoms with Gasteiger partial charge in [0, 0.05) is 48.8 Å². The van der Waals surface area contributed by atoms with E-state index in [1.165, 1.54) is 0 Å². The summed E-state index contributed by atoms with van der Waals surface area (Å²) in [6.45, 7) is 17.4. The quantitative estimate of drug-likeness (QED) is 0.301. The molecule has 2 rings (SSSR count). The Morgan fingerprint density at radius 3 is 1.35 bits per heavy atom. The molecule has 0 saturated carbocycles. The van der Waals surface area contributed by atoms with Crippen molar-refractivity contribution < 1.29 is 19.2 Å². The van der Waals surface area contributed by atoms with Gasteiger partial charge in [-0.1, -0.05) is 13.8 Å². The summed E-state index contributed by atoms with van der Waals surface area (Å²) in [6, 6.07) is 0. The first-order valence-corrected chi connectivity index (χ1v) is 14.2. The molecule has 2 aliphatic heterocycles. The molecule has 0 spiro atoms. The molecule has 2 saturated heterocycles. The van der Waals surface area contributed by atoms with Gasteiger partial charge in [-0.3, -0.25) is 29.0 Å². The van der Waals surface area contributed by atoms with Gasteiger partial charge in [-0.2, -0.15) is 0 Å². The van der Waals surface area contributed by atoms with E-state index in [1.807, 2.05) is 65.2 Å². The van der Waals surface area contributed by atoms with Crippen LogP contribution in [0.4, 0.5) is 0 Å². The third-order valence-electron chi connectivity index (χ3n) is 7.61. The van der Waals surface area contributed by atoms with Crippen molar-refractivity contribution in [3.63, 3.8) is 0 Å². The first kappa shape index (κ1) is 31.3. The van der Waals surface area contributed by atoms with Crippen LogP contribution in [0.1, 0.15) is 87.5 Å². The predicted molar refractivity (Wildman–Crippen MR) is 153 cm³/mol. The Bertz CT molecular complexity index is 875. The lowest BCUT2D eigenvalue weighted by Crippen LogP contribution is -2.49. The molecule has 2 heterocycles. The van der Waals surface area contributed by atoms with Crippen molar-refractivity contribution >= 4 is 58.0 Å². The molecule has 0 bridgehead atoms. The molecule has 2 atom stereocenters. The Morgan fingerprint density at radius 2 is 1.08 bits per heavy atom. The number of Topliss-reactive ketones (excluding diaryl/α,β-unsaturated/α-hetero) is 2. The first-order chi connectivity index (χ1) is 17.1. The van der Waals surface area contributed by atoms with Gasteiger partial charge < -0.3 is 9.80 Å². The highest BCUT2D eigenvalue weighted by Gasteiger charge is 2.43. The molecular formula is C27H44N4O4S2. The predicted octanol–water partition coefficient (Wildman–Crippen LogP) is 3.80. The summed E-state index contributed by atoms with van der Waals surface area (Å²) in [5.41, 5.74) is -1.13. The van der Waals surface area contributed by atoms with E-state index in [1.54, 1.807) is 9.80 Å². The fraction of sp³-hybridized carbons (Fsp3) is 0.778. The van der Waals surface area contributed by atoms with Gasteiger partial charge in [-0.15, -0.1) is 0 Å². The second kappa shape index (κ2) is 12.3. The molecule has 0 N–H and O–H groups in total. The highest BCUT2D eigenvalue weighted by Crippen LogP contribution is 2.31. The lowest BCUT2D eigenvalue weighted by molar-refractivity contribution is -0.131. The number of hydrogen-bond donors (Lipinski definition) is 0. The maximum Gasteiger partial charge on any atom is 0.248 e. The van der Waals surface area contributed by atoms with E-state index in [0.29, 0.717) is 55.4 Å². The summed E-state index contributed by atoms with van der Waals surface area (Å²) in [4.78, 5) is 57.9. The molecule has 2 aliphatic rings. The van der Waals surface area contributed by atoms with E-state index in [4.69, 9.17) is 24.4 Å². The van der Waals surface area contributed by atoms with Crippen molar-refractivity contribution in [3.05, 3.63) is 0 Å². The van der Waals surface area contributed by atoms with Gasteiger partial charge in [0.15, 0.2) is 10.2 Å². The van der Waals surface area contributed by atoms with Gasteiger partial charge >= 0.3 is 0 Å². The third-order valence-corrected chi connectivity index (χ3v) is 8.49. The van der Waals surface area contributed by atoms with E-state index in [0.717, 1.165) is 0 Å². The van der Waals surface area contributed by atoms with E-state index in [2.05, 4.69) is 0 Å². The molecule has 0 aromatic heterocycles. The Balaban J connectivity index is 1.85. The molecule has 2 amide bonds. The summed E-state index contributed by atoms with van der Waals surface area (Å²) in [7, 11) is 0. The number of rotatable bonds is 14. The van der Waals surface area contributed by atoms with Crippen LogP contribution < -0.4 is 0 Å². The van der Waals surface area contributed by atoms with Gasteiger partial charge in [0.2, 0.25) is 11.8 Å². The van der Waals surface area contributed by atoms with E-state index >= 15 is 0 Å². The molecule has 2 unspecified atom stereocenters. The summed E-state index contributed by atoms with van der Waals surface area (Å²) >= 11 is 11.0. The largest absolute Gasteiger partial charge is 0.340 e. The van der Waals surface area contributed by atoms with Crippen LogP contribution in [0.25, 0.3) is 0 Å². The maximum absolute atomic E-state index is 12.9. The number of nitrogens with zero attached hydrogens (tertiary/aromatic N) is 4. The smallest absolute Gasteiger partial charge is 0.248 e. The molecule has 0 radical (unpaired) electrons. The Hall–Kier alpha value is -1.94. The molecule has 208 valence electrons. The fourth-order valence-electron chi connectivity index (χ4n) is 5.63. The number of amides is 2. The van der Waals surface area contributed by atoms with Crippen LogP contribution in [0.5, 0.6) is 0 Å². The highest BCUT2D eigenvalue weighted by molar-refractivity contribution is 7.80. The number of carbonyl (C=O) groups is 4. The zero-order valence-electron chi connectivity index (χ0n) is 23.8. The van der Waals surface area contributed by atoms with Crippen LogP contribution in [0.15, 0.2) is 0 Å². The Labute approximate surface area is 233 Å².